The van der Waals surface area contributed by atoms with E-state index in [0.29, 0.717) is 31.3 Å². The highest BCUT2D eigenvalue weighted by molar-refractivity contribution is 14.0. The van der Waals surface area contributed by atoms with Crippen molar-refractivity contribution in [2.24, 2.45) is 4.99 Å². The topological polar surface area (TPSA) is 42.9 Å². The molecule has 1 heterocycles. The highest BCUT2D eigenvalue weighted by Gasteiger charge is 2.25. The fraction of sp³-hybridized carbons (Fsp3) is 0.381. The van der Waals surface area contributed by atoms with Gasteiger partial charge >= 0.3 is 0 Å². The van der Waals surface area contributed by atoms with E-state index in [1.807, 2.05) is 25.1 Å². The summed E-state index contributed by atoms with van der Waals surface area (Å²) in [6.07, 6.45) is 0.855. The maximum atomic E-state index is 14.0. The second-order valence-corrected chi connectivity index (χ2v) is 7.16. The standard InChI is InChI=1S/C21H27F2N5.HI/c1-24-21(25-13-15-5-4-6-18(11-15)27(2)3)26-17-9-10-28(14-17)20-8-7-16(22)12-19(20)23;/h4-8,11-12,17H,9-10,13-14H2,1-3H3,(H2,24,25,26);1H. The molecule has 1 atom stereocenters. The Morgan fingerprint density at radius 2 is 2.00 bits per heavy atom. The molecule has 1 aliphatic rings. The zero-order valence-electron chi connectivity index (χ0n) is 17.0. The Bertz CT molecular complexity index is 844. The minimum absolute atomic E-state index is 0. The maximum Gasteiger partial charge on any atom is 0.191 e. The molecule has 2 N–H and O–H groups in total. The molecule has 0 aliphatic carbocycles. The van der Waals surface area contributed by atoms with Crippen molar-refractivity contribution >= 4 is 41.3 Å². The SMILES string of the molecule is CN=C(NCc1cccc(N(C)C)c1)NC1CCN(c2ccc(F)cc2F)C1.I. The van der Waals surface area contributed by atoms with Crippen molar-refractivity contribution in [3.63, 3.8) is 0 Å². The number of hydrogen-bond donors (Lipinski definition) is 2. The van der Waals surface area contributed by atoms with Crippen molar-refractivity contribution in [2.45, 2.75) is 19.0 Å². The molecule has 5 nitrogen and oxygen atoms in total. The Kier molecular flexibility index (Phi) is 8.48. The van der Waals surface area contributed by atoms with Gasteiger partial charge in [0.05, 0.1) is 5.69 Å². The second-order valence-electron chi connectivity index (χ2n) is 7.16. The van der Waals surface area contributed by atoms with Gasteiger partial charge in [-0.3, -0.25) is 4.99 Å². The summed E-state index contributed by atoms with van der Waals surface area (Å²) in [6.45, 7) is 2.01. The van der Waals surface area contributed by atoms with E-state index in [0.717, 1.165) is 23.7 Å². The van der Waals surface area contributed by atoms with Gasteiger partial charge in [-0.25, -0.2) is 8.78 Å². The predicted octanol–water partition coefficient (Wildman–Crippen LogP) is 3.59. The molecular weight excluding hydrogens is 487 g/mol. The lowest BCUT2D eigenvalue weighted by molar-refractivity contribution is 0.580. The van der Waals surface area contributed by atoms with Crippen molar-refractivity contribution in [3.05, 3.63) is 59.7 Å². The van der Waals surface area contributed by atoms with Crippen LogP contribution >= 0.6 is 24.0 Å². The molecule has 2 aromatic rings. The summed E-state index contributed by atoms with van der Waals surface area (Å²) in [6, 6.07) is 12.2. The van der Waals surface area contributed by atoms with Gasteiger partial charge < -0.3 is 20.4 Å². The summed E-state index contributed by atoms with van der Waals surface area (Å²) < 4.78 is 27.1. The first-order valence-electron chi connectivity index (χ1n) is 9.39. The van der Waals surface area contributed by atoms with Crippen LogP contribution in [-0.2, 0) is 6.54 Å². The molecule has 0 saturated carbocycles. The fourth-order valence-corrected chi connectivity index (χ4v) is 3.35. The molecule has 1 saturated heterocycles. The van der Waals surface area contributed by atoms with Crippen LogP contribution in [0.1, 0.15) is 12.0 Å². The van der Waals surface area contributed by atoms with Gasteiger partial charge in [0.2, 0.25) is 0 Å². The third-order valence-electron chi connectivity index (χ3n) is 4.89. The van der Waals surface area contributed by atoms with Crippen LogP contribution in [0.2, 0.25) is 0 Å². The molecule has 1 unspecified atom stereocenters. The minimum atomic E-state index is -0.557. The Morgan fingerprint density at radius 1 is 1.21 bits per heavy atom. The van der Waals surface area contributed by atoms with Crippen LogP contribution in [0.3, 0.4) is 0 Å². The summed E-state index contributed by atoms with van der Waals surface area (Å²) in [7, 11) is 5.77. The van der Waals surface area contributed by atoms with E-state index in [1.165, 1.54) is 12.1 Å². The van der Waals surface area contributed by atoms with E-state index in [1.54, 1.807) is 7.05 Å². The largest absolute Gasteiger partial charge is 0.378 e. The van der Waals surface area contributed by atoms with Crippen LogP contribution in [0.5, 0.6) is 0 Å². The number of nitrogens with one attached hydrogen (secondary N) is 2. The first-order valence-corrected chi connectivity index (χ1v) is 9.39. The lowest BCUT2D eigenvalue weighted by Crippen LogP contribution is -2.44. The average Bonchev–Trinajstić information content (AvgIpc) is 3.13. The summed E-state index contributed by atoms with van der Waals surface area (Å²) >= 11 is 0. The van der Waals surface area contributed by atoms with Crippen molar-refractivity contribution in [1.29, 1.82) is 0 Å². The van der Waals surface area contributed by atoms with Crippen LogP contribution in [0, 0.1) is 11.6 Å². The molecule has 0 radical (unpaired) electrons. The summed E-state index contributed by atoms with van der Waals surface area (Å²) in [4.78, 5) is 8.29. The first kappa shape index (κ1) is 23.2. The van der Waals surface area contributed by atoms with E-state index in [9.17, 15) is 8.78 Å². The summed E-state index contributed by atoms with van der Waals surface area (Å²) in [5.74, 6) is -0.372. The quantitative estimate of drug-likeness (QED) is 0.363. The lowest BCUT2D eigenvalue weighted by atomic mass is 10.2. The Balaban J connectivity index is 0.00000300. The zero-order chi connectivity index (χ0) is 20.1. The van der Waals surface area contributed by atoms with Crippen LogP contribution in [0.4, 0.5) is 20.2 Å². The predicted molar refractivity (Wildman–Crippen MR) is 126 cm³/mol. The van der Waals surface area contributed by atoms with Gasteiger partial charge in [0.25, 0.3) is 0 Å². The molecule has 0 amide bonds. The van der Waals surface area contributed by atoms with Crippen molar-refractivity contribution in [3.8, 4) is 0 Å². The van der Waals surface area contributed by atoms with Crippen LogP contribution in [0.15, 0.2) is 47.5 Å². The minimum Gasteiger partial charge on any atom is -0.378 e. The average molecular weight is 515 g/mol. The number of hydrogen-bond acceptors (Lipinski definition) is 3. The Morgan fingerprint density at radius 3 is 2.69 bits per heavy atom. The Hall–Kier alpha value is -2.10. The highest BCUT2D eigenvalue weighted by atomic mass is 127. The van der Waals surface area contributed by atoms with E-state index < -0.39 is 11.6 Å². The lowest BCUT2D eigenvalue weighted by Gasteiger charge is -2.21. The van der Waals surface area contributed by atoms with Gasteiger partial charge in [-0.2, -0.15) is 0 Å². The van der Waals surface area contributed by atoms with Gasteiger partial charge in [-0.1, -0.05) is 12.1 Å². The smallest absolute Gasteiger partial charge is 0.191 e. The second kappa shape index (κ2) is 10.6. The molecular formula is C21H28F2IN5. The molecule has 0 bridgehead atoms. The molecule has 1 fully saturated rings. The van der Waals surface area contributed by atoms with E-state index in [4.69, 9.17) is 0 Å². The molecule has 29 heavy (non-hydrogen) atoms. The molecule has 0 aromatic heterocycles. The van der Waals surface area contributed by atoms with Crippen molar-refractivity contribution in [1.82, 2.24) is 10.6 Å². The van der Waals surface area contributed by atoms with E-state index >= 15 is 0 Å². The number of nitrogens with zero attached hydrogens (tertiary/aromatic N) is 3. The molecule has 8 heteroatoms. The van der Waals surface area contributed by atoms with Gasteiger partial charge in [0.15, 0.2) is 5.96 Å². The third kappa shape index (κ3) is 6.19. The van der Waals surface area contributed by atoms with Crippen LogP contribution in [-0.4, -0.2) is 46.2 Å². The third-order valence-corrected chi connectivity index (χ3v) is 4.89. The molecule has 1 aliphatic heterocycles. The van der Waals surface area contributed by atoms with E-state index in [-0.39, 0.29) is 30.0 Å². The monoisotopic (exact) mass is 515 g/mol. The number of aliphatic imine (C=N–C) groups is 1. The maximum absolute atomic E-state index is 14.0. The molecule has 158 valence electrons. The van der Waals surface area contributed by atoms with Crippen molar-refractivity contribution < 1.29 is 8.78 Å². The Labute approximate surface area is 188 Å². The number of guanidine groups is 1. The van der Waals surface area contributed by atoms with Gasteiger partial charge in [0.1, 0.15) is 11.6 Å². The number of rotatable bonds is 5. The van der Waals surface area contributed by atoms with E-state index in [2.05, 4.69) is 38.7 Å². The molecule has 2 aromatic carbocycles. The van der Waals surface area contributed by atoms with Gasteiger partial charge in [0, 0.05) is 58.6 Å². The highest BCUT2D eigenvalue weighted by Crippen LogP contribution is 2.24. The van der Waals surface area contributed by atoms with Gasteiger partial charge in [-0.05, 0) is 36.2 Å². The number of halogens is 3. The van der Waals surface area contributed by atoms with Crippen LogP contribution in [0.25, 0.3) is 0 Å². The zero-order valence-corrected chi connectivity index (χ0v) is 19.3. The van der Waals surface area contributed by atoms with Crippen LogP contribution < -0.4 is 20.4 Å². The number of anilines is 2. The number of benzene rings is 2. The van der Waals surface area contributed by atoms with Gasteiger partial charge in [-0.15, -0.1) is 24.0 Å². The normalized spacial score (nSPS) is 16.4. The fourth-order valence-electron chi connectivity index (χ4n) is 3.35. The molecule has 0 spiro atoms. The molecule has 3 rings (SSSR count). The summed E-state index contributed by atoms with van der Waals surface area (Å²) in [5, 5.41) is 6.72. The van der Waals surface area contributed by atoms with Crippen molar-refractivity contribution in [2.75, 3.05) is 44.0 Å². The summed E-state index contributed by atoms with van der Waals surface area (Å²) in [5.41, 5.74) is 2.75. The first-order chi connectivity index (χ1) is 13.5.